The quantitative estimate of drug-likeness (QED) is 0.922. The van der Waals surface area contributed by atoms with Crippen LogP contribution in [0.2, 0.25) is 0 Å². The van der Waals surface area contributed by atoms with Gasteiger partial charge in [0.2, 0.25) is 0 Å². The monoisotopic (exact) mass is 299 g/mol. The van der Waals surface area contributed by atoms with Crippen LogP contribution in [0.25, 0.3) is 0 Å². The predicted octanol–water partition coefficient (Wildman–Crippen LogP) is 2.63. The fourth-order valence-electron chi connectivity index (χ4n) is 2.95. The van der Waals surface area contributed by atoms with Gasteiger partial charge in [0.05, 0.1) is 17.9 Å². The Labute approximate surface area is 130 Å². The lowest BCUT2D eigenvalue weighted by atomic mass is 10.0. The minimum Gasteiger partial charge on any atom is -0.472 e. The molecule has 3 rings (SSSR count). The normalized spacial score (nSPS) is 17.1. The van der Waals surface area contributed by atoms with E-state index in [0.717, 1.165) is 18.7 Å². The maximum Gasteiger partial charge on any atom is 0.254 e. The van der Waals surface area contributed by atoms with Crippen LogP contribution in [0.4, 0.5) is 0 Å². The summed E-state index contributed by atoms with van der Waals surface area (Å²) in [6, 6.07) is 5.88. The first kappa shape index (κ1) is 14.8. The zero-order valence-corrected chi connectivity index (χ0v) is 12.6. The first-order valence-electron chi connectivity index (χ1n) is 7.79. The van der Waals surface area contributed by atoms with Crippen molar-refractivity contribution in [3.05, 3.63) is 54.2 Å². The third kappa shape index (κ3) is 3.54. The molecule has 1 atom stereocenters. The average Bonchev–Trinajstić information content (AvgIpc) is 3.11. The number of nitrogens with one attached hydrogen (secondary N) is 1. The SMILES string of the molecule is O=C(NCC(c1cccnc1)N1CCCCC1)c1ccoc1. The maximum absolute atomic E-state index is 12.1. The van der Waals surface area contributed by atoms with E-state index in [2.05, 4.69) is 21.3 Å². The first-order valence-corrected chi connectivity index (χ1v) is 7.79. The summed E-state index contributed by atoms with van der Waals surface area (Å²) in [5, 5.41) is 3.01. The minimum atomic E-state index is -0.0975. The summed E-state index contributed by atoms with van der Waals surface area (Å²) in [6.07, 6.45) is 10.4. The zero-order valence-electron chi connectivity index (χ0n) is 12.6. The van der Waals surface area contributed by atoms with Gasteiger partial charge in [0.25, 0.3) is 5.91 Å². The highest BCUT2D eigenvalue weighted by atomic mass is 16.3. The Bertz CT molecular complexity index is 577. The van der Waals surface area contributed by atoms with Crippen LogP contribution < -0.4 is 5.32 Å². The second-order valence-electron chi connectivity index (χ2n) is 5.62. The third-order valence-corrected chi connectivity index (χ3v) is 4.14. The van der Waals surface area contributed by atoms with E-state index < -0.39 is 0 Å². The topological polar surface area (TPSA) is 58.4 Å². The molecule has 0 saturated carbocycles. The Morgan fingerprint density at radius 2 is 2.18 bits per heavy atom. The van der Waals surface area contributed by atoms with Crippen molar-refractivity contribution in [2.24, 2.45) is 0 Å². The summed E-state index contributed by atoms with van der Waals surface area (Å²) in [5.41, 5.74) is 1.71. The number of nitrogens with zero attached hydrogens (tertiary/aromatic N) is 2. The number of likely N-dealkylation sites (tertiary alicyclic amines) is 1. The summed E-state index contributed by atoms with van der Waals surface area (Å²) >= 11 is 0. The molecule has 3 heterocycles. The van der Waals surface area contributed by atoms with Gasteiger partial charge in [0.15, 0.2) is 0 Å². The van der Waals surface area contributed by atoms with E-state index in [1.165, 1.54) is 31.8 Å². The maximum atomic E-state index is 12.1. The molecule has 1 aliphatic heterocycles. The molecule has 0 radical (unpaired) electrons. The molecule has 1 N–H and O–H groups in total. The zero-order chi connectivity index (χ0) is 15.2. The van der Waals surface area contributed by atoms with E-state index >= 15 is 0 Å². The van der Waals surface area contributed by atoms with Crippen molar-refractivity contribution in [3.8, 4) is 0 Å². The lowest BCUT2D eigenvalue weighted by molar-refractivity contribution is 0.0923. The predicted molar refractivity (Wildman–Crippen MR) is 83.4 cm³/mol. The summed E-state index contributed by atoms with van der Waals surface area (Å²) in [6.45, 7) is 2.72. The standard InChI is InChI=1S/C17H21N3O2/c21-17(15-6-10-22-13-15)19-12-16(14-5-4-7-18-11-14)20-8-2-1-3-9-20/h4-7,10-11,13,16H,1-3,8-9,12H2,(H,19,21). The van der Waals surface area contributed by atoms with Crippen LogP contribution in [0, 0.1) is 0 Å². The second-order valence-corrected chi connectivity index (χ2v) is 5.62. The molecule has 0 aliphatic carbocycles. The Hall–Kier alpha value is -2.14. The number of piperidine rings is 1. The Morgan fingerprint density at radius 3 is 2.86 bits per heavy atom. The van der Waals surface area contributed by atoms with Gasteiger partial charge in [-0.15, -0.1) is 0 Å². The van der Waals surface area contributed by atoms with Crippen LogP contribution in [0.1, 0.15) is 41.2 Å². The van der Waals surface area contributed by atoms with Crippen molar-refractivity contribution in [3.63, 3.8) is 0 Å². The lowest BCUT2D eigenvalue weighted by Gasteiger charge is -2.34. The highest BCUT2D eigenvalue weighted by Crippen LogP contribution is 2.23. The number of furan rings is 1. The number of hydrogen-bond donors (Lipinski definition) is 1. The Balaban J connectivity index is 1.69. The van der Waals surface area contributed by atoms with Crippen LogP contribution >= 0.6 is 0 Å². The summed E-state index contributed by atoms with van der Waals surface area (Å²) in [4.78, 5) is 18.8. The van der Waals surface area contributed by atoms with Crippen LogP contribution in [0.3, 0.4) is 0 Å². The molecule has 5 nitrogen and oxygen atoms in total. The lowest BCUT2D eigenvalue weighted by Crippen LogP contribution is -2.40. The van der Waals surface area contributed by atoms with Gasteiger partial charge in [-0.05, 0) is 43.6 Å². The summed E-state index contributed by atoms with van der Waals surface area (Å²) in [5.74, 6) is -0.0975. The molecule has 0 spiro atoms. The van der Waals surface area contributed by atoms with Gasteiger partial charge >= 0.3 is 0 Å². The smallest absolute Gasteiger partial charge is 0.254 e. The second kappa shape index (κ2) is 7.22. The van der Waals surface area contributed by atoms with Gasteiger partial charge in [-0.3, -0.25) is 14.7 Å². The fraction of sp³-hybridized carbons (Fsp3) is 0.412. The van der Waals surface area contributed by atoms with E-state index in [-0.39, 0.29) is 11.9 Å². The molecule has 1 fully saturated rings. The van der Waals surface area contributed by atoms with Crippen molar-refractivity contribution in [2.75, 3.05) is 19.6 Å². The van der Waals surface area contributed by atoms with Gasteiger partial charge in [0, 0.05) is 18.9 Å². The Morgan fingerprint density at radius 1 is 1.32 bits per heavy atom. The molecule has 22 heavy (non-hydrogen) atoms. The average molecular weight is 299 g/mol. The highest BCUT2D eigenvalue weighted by molar-refractivity contribution is 5.93. The number of amides is 1. The number of pyridine rings is 1. The highest BCUT2D eigenvalue weighted by Gasteiger charge is 2.23. The van der Waals surface area contributed by atoms with Gasteiger partial charge < -0.3 is 9.73 Å². The van der Waals surface area contributed by atoms with Crippen LogP contribution in [-0.4, -0.2) is 35.4 Å². The van der Waals surface area contributed by atoms with E-state index in [0.29, 0.717) is 12.1 Å². The summed E-state index contributed by atoms with van der Waals surface area (Å²) in [7, 11) is 0. The molecule has 0 aromatic carbocycles. The van der Waals surface area contributed by atoms with Gasteiger partial charge in [-0.25, -0.2) is 0 Å². The van der Waals surface area contributed by atoms with Crippen molar-refractivity contribution in [1.82, 2.24) is 15.2 Å². The van der Waals surface area contributed by atoms with E-state index in [1.54, 1.807) is 12.3 Å². The van der Waals surface area contributed by atoms with Crippen LogP contribution in [0.15, 0.2) is 47.5 Å². The molecule has 1 saturated heterocycles. The molecule has 0 bridgehead atoms. The van der Waals surface area contributed by atoms with Gasteiger partial charge in [0.1, 0.15) is 6.26 Å². The molecule has 2 aromatic rings. The number of aromatic nitrogens is 1. The number of rotatable bonds is 5. The van der Waals surface area contributed by atoms with Crippen LogP contribution in [-0.2, 0) is 0 Å². The molecule has 116 valence electrons. The molecule has 1 amide bonds. The van der Waals surface area contributed by atoms with Crippen molar-refractivity contribution < 1.29 is 9.21 Å². The number of carbonyl (C=O) groups is 1. The Kier molecular flexibility index (Phi) is 4.85. The largest absolute Gasteiger partial charge is 0.472 e. The van der Waals surface area contributed by atoms with E-state index in [1.807, 2.05) is 12.3 Å². The fourth-order valence-corrected chi connectivity index (χ4v) is 2.95. The molecule has 1 aliphatic rings. The summed E-state index contributed by atoms with van der Waals surface area (Å²) < 4.78 is 4.96. The molecular formula is C17H21N3O2. The molecule has 1 unspecified atom stereocenters. The van der Waals surface area contributed by atoms with E-state index in [9.17, 15) is 4.79 Å². The number of carbonyl (C=O) groups excluding carboxylic acids is 1. The minimum absolute atomic E-state index is 0.0975. The van der Waals surface area contributed by atoms with Gasteiger partial charge in [-0.1, -0.05) is 12.5 Å². The third-order valence-electron chi connectivity index (χ3n) is 4.14. The van der Waals surface area contributed by atoms with Crippen LogP contribution in [0.5, 0.6) is 0 Å². The van der Waals surface area contributed by atoms with E-state index in [4.69, 9.17) is 4.42 Å². The van der Waals surface area contributed by atoms with Crippen molar-refractivity contribution >= 4 is 5.91 Å². The van der Waals surface area contributed by atoms with Crippen molar-refractivity contribution in [2.45, 2.75) is 25.3 Å². The number of hydrogen-bond acceptors (Lipinski definition) is 4. The van der Waals surface area contributed by atoms with Crippen molar-refractivity contribution in [1.29, 1.82) is 0 Å². The van der Waals surface area contributed by atoms with Gasteiger partial charge in [-0.2, -0.15) is 0 Å². The molecular weight excluding hydrogens is 278 g/mol. The molecule has 5 heteroatoms. The molecule has 2 aromatic heterocycles. The first-order chi connectivity index (χ1) is 10.8.